The lowest BCUT2D eigenvalue weighted by atomic mass is 10.1. The first-order valence-corrected chi connectivity index (χ1v) is 21.9. The fourth-order valence-electron chi connectivity index (χ4n) is 5.01. The van der Waals surface area contributed by atoms with Crippen LogP contribution < -0.4 is 0 Å². The third kappa shape index (κ3) is 14.1. The van der Waals surface area contributed by atoms with E-state index in [1.54, 1.807) is 13.8 Å². The summed E-state index contributed by atoms with van der Waals surface area (Å²) in [6.07, 6.45) is 5.49. The first-order valence-electron chi connectivity index (χ1n) is 16.5. The van der Waals surface area contributed by atoms with Gasteiger partial charge in [0.05, 0.1) is 39.4 Å². The molecule has 0 spiro atoms. The van der Waals surface area contributed by atoms with Crippen molar-refractivity contribution in [2.24, 2.45) is 0 Å². The van der Waals surface area contributed by atoms with Gasteiger partial charge in [-0.2, -0.15) is 10.3 Å². The predicted molar refractivity (Wildman–Crippen MR) is 188 cm³/mol. The van der Waals surface area contributed by atoms with Gasteiger partial charge in [-0.1, -0.05) is 27.0 Å². The summed E-state index contributed by atoms with van der Waals surface area (Å²) in [7, 11) is -3.42. The summed E-state index contributed by atoms with van der Waals surface area (Å²) < 4.78 is 39.5. The number of carbonyl (C=O) groups is 4. The molecule has 2 aliphatic heterocycles. The highest BCUT2D eigenvalue weighted by atomic mass is 32.3. The van der Waals surface area contributed by atoms with E-state index < -0.39 is 42.8 Å². The Bertz CT molecular complexity index is 1150. The van der Waals surface area contributed by atoms with E-state index in [4.69, 9.17) is 32.3 Å². The Kier molecular flexibility index (Phi) is 16.4. The Labute approximate surface area is 289 Å². The molecule has 48 heavy (non-hydrogen) atoms. The van der Waals surface area contributed by atoms with Crippen LogP contribution in [0.3, 0.4) is 0 Å². The summed E-state index contributed by atoms with van der Waals surface area (Å²) in [6.45, 7) is 22.6. The fourth-order valence-corrected chi connectivity index (χ4v) is 12.3. The molecule has 2 fully saturated rings. The number of rotatable bonds is 23. The molecule has 2 saturated heterocycles. The Hall–Kier alpha value is -2.59. The highest BCUT2D eigenvalue weighted by molar-refractivity contribution is 8.29. The van der Waals surface area contributed by atoms with Crippen LogP contribution in [0, 0.1) is 0 Å². The SMILES string of the molecule is C=C(C)C(=O)OCCN1CC(COCCCC(C)(C)[Si](C)(C)OS(C)(C)CCCOCC2CN(CCOC(=O)C(=C)C)C(=O)O2)OC1=O. The summed E-state index contributed by atoms with van der Waals surface area (Å²) >= 11 is 0. The van der Waals surface area contributed by atoms with E-state index in [2.05, 4.69) is 52.6 Å². The number of carbonyl (C=O) groups excluding carboxylic acids is 4. The van der Waals surface area contributed by atoms with Gasteiger partial charge >= 0.3 is 24.1 Å². The van der Waals surface area contributed by atoms with E-state index in [1.807, 2.05) is 0 Å². The lowest BCUT2D eigenvalue weighted by molar-refractivity contribution is -0.140. The summed E-state index contributed by atoms with van der Waals surface area (Å²) in [6, 6.07) is 0. The van der Waals surface area contributed by atoms with Crippen LogP contribution >= 0.6 is 10.3 Å². The zero-order chi connectivity index (χ0) is 36.1. The molecule has 0 aliphatic carbocycles. The number of nitrogens with zero attached hydrogens (tertiary/aromatic N) is 2. The van der Waals surface area contributed by atoms with Crippen LogP contribution in [0.15, 0.2) is 24.3 Å². The molecule has 13 nitrogen and oxygen atoms in total. The molecule has 2 rings (SSSR count). The van der Waals surface area contributed by atoms with Crippen LogP contribution in [0.1, 0.15) is 47.0 Å². The lowest BCUT2D eigenvalue weighted by Gasteiger charge is -2.46. The third-order valence-corrected chi connectivity index (χ3v) is 16.7. The molecule has 0 radical (unpaired) electrons. The molecule has 0 bridgehead atoms. The van der Waals surface area contributed by atoms with Crippen LogP contribution in [0.25, 0.3) is 0 Å². The predicted octanol–water partition coefficient (Wildman–Crippen LogP) is 5.05. The van der Waals surface area contributed by atoms with Crippen LogP contribution in [-0.2, 0) is 41.9 Å². The maximum Gasteiger partial charge on any atom is 0.410 e. The van der Waals surface area contributed by atoms with E-state index in [1.165, 1.54) is 9.80 Å². The van der Waals surface area contributed by atoms with Crippen LogP contribution in [0.4, 0.5) is 9.59 Å². The number of esters is 2. The monoisotopic (exact) mass is 718 g/mol. The Morgan fingerprint density at radius 2 is 1.27 bits per heavy atom. The molecule has 0 N–H and O–H groups in total. The minimum Gasteiger partial charge on any atom is -0.460 e. The zero-order valence-electron chi connectivity index (χ0n) is 30.3. The van der Waals surface area contributed by atoms with Gasteiger partial charge in [-0.05, 0) is 69.5 Å². The van der Waals surface area contributed by atoms with Gasteiger partial charge < -0.3 is 42.1 Å². The standard InChI is InChI=1S/C33H58N2O11SSi/c1-25(2)29(36)42-18-14-34-21-27(44-31(34)38)23-40-16-11-13-33(5,6)48(9,10)46-47(7,8)20-12-17-41-24-28-22-35(32(39)45-28)15-19-43-30(37)26(3)4/h27-28H,1,3,11-24H2,2,4-10H3. The van der Waals surface area contributed by atoms with E-state index in [-0.39, 0.29) is 43.5 Å². The van der Waals surface area contributed by atoms with E-state index in [0.717, 1.165) is 25.0 Å². The zero-order valence-corrected chi connectivity index (χ0v) is 32.1. The topological polar surface area (TPSA) is 139 Å². The minimum absolute atomic E-state index is 0.00997. The molecule has 15 heteroatoms. The summed E-state index contributed by atoms with van der Waals surface area (Å²) in [5, 5.41) is 0.00997. The molecule has 0 saturated carbocycles. The quantitative estimate of drug-likeness (QED) is 0.0461. The van der Waals surface area contributed by atoms with Crippen molar-refractivity contribution in [3.8, 4) is 0 Å². The van der Waals surface area contributed by atoms with Crippen molar-refractivity contribution in [3.05, 3.63) is 24.3 Å². The molecule has 0 aromatic rings. The number of ether oxygens (including phenoxy) is 6. The molecule has 2 aliphatic rings. The van der Waals surface area contributed by atoms with Crippen molar-refractivity contribution >= 4 is 42.8 Å². The maximum atomic E-state index is 12.1. The molecule has 2 amide bonds. The largest absolute Gasteiger partial charge is 0.460 e. The van der Waals surface area contributed by atoms with Crippen molar-refractivity contribution < 1.29 is 51.5 Å². The van der Waals surface area contributed by atoms with Crippen molar-refractivity contribution in [2.45, 2.75) is 77.3 Å². The molecular formula is C33H58N2O11SSi. The van der Waals surface area contributed by atoms with E-state index in [0.29, 0.717) is 50.7 Å². The van der Waals surface area contributed by atoms with Gasteiger partial charge in [0.2, 0.25) is 8.32 Å². The van der Waals surface area contributed by atoms with Gasteiger partial charge in [-0.3, -0.25) is 0 Å². The smallest absolute Gasteiger partial charge is 0.410 e. The highest BCUT2D eigenvalue weighted by Crippen LogP contribution is 2.52. The number of hydrogen-bond donors (Lipinski definition) is 0. The second kappa shape index (κ2) is 19.0. The molecule has 276 valence electrons. The first-order chi connectivity index (χ1) is 22.3. The van der Waals surface area contributed by atoms with E-state index in [9.17, 15) is 19.2 Å². The van der Waals surface area contributed by atoms with Crippen LogP contribution in [0.2, 0.25) is 18.1 Å². The first kappa shape index (κ1) is 41.6. The summed E-state index contributed by atoms with van der Waals surface area (Å²) in [5.41, 5.74) is 0.633. The van der Waals surface area contributed by atoms with Gasteiger partial charge in [-0.25, -0.2) is 19.2 Å². The van der Waals surface area contributed by atoms with Crippen molar-refractivity contribution in [3.63, 3.8) is 0 Å². The highest BCUT2D eigenvalue weighted by Gasteiger charge is 2.43. The fraction of sp³-hybridized carbons (Fsp3) is 0.758. The molecule has 2 atom stereocenters. The van der Waals surface area contributed by atoms with Crippen molar-refractivity contribution in [1.82, 2.24) is 9.80 Å². The Morgan fingerprint density at radius 1 is 0.833 bits per heavy atom. The third-order valence-electron chi connectivity index (χ3n) is 8.47. The number of amides is 2. The molecular weight excluding hydrogens is 661 g/mol. The van der Waals surface area contributed by atoms with Crippen LogP contribution in [0.5, 0.6) is 0 Å². The van der Waals surface area contributed by atoms with Gasteiger partial charge in [0.15, 0.2) is 0 Å². The molecule has 0 aromatic carbocycles. The maximum absolute atomic E-state index is 12.1. The minimum atomic E-state index is -2.10. The van der Waals surface area contributed by atoms with Crippen LogP contribution in [-0.4, -0.2) is 139 Å². The summed E-state index contributed by atoms with van der Waals surface area (Å²) in [5.74, 6) is -0.0495. The summed E-state index contributed by atoms with van der Waals surface area (Å²) in [4.78, 5) is 50.3. The normalized spacial score (nSPS) is 18.8. The van der Waals surface area contributed by atoms with Crippen molar-refractivity contribution in [2.75, 3.05) is 84.1 Å². The lowest BCUT2D eigenvalue weighted by Crippen LogP contribution is -2.43. The average molecular weight is 719 g/mol. The molecule has 0 aromatic heterocycles. The van der Waals surface area contributed by atoms with Gasteiger partial charge in [-0.15, -0.1) is 0 Å². The Balaban J connectivity index is 1.62. The second-order valence-electron chi connectivity index (χ2n) is 14.0. The number of cyclic esters (lactones) is 2. The van der Waals surface area contributed by atoms with Gasteiger partial charge in [0.25, 0.3) is 0 Å². The Morgan fingerprint density at radius 3 is 1.71 bits per heavy atom. The van der Waals surface area contributed by atoms with E-state index >= 15 is 0 Å². The molecule has 2 unspecified atom stereocenters. The number of hydrogen-bond acceptors (Lipinski definition) is 11. The average Bonchev–Trinajstić information content (AvgIpc) is 3.51. The van der Waals surface area contributed by atoms with Gasteiger partial charge in [0, 0.05) is 24.4 Å². The van der Waals surface area contributed by atoms with Gasteiger partial charge in [0.1, 0.15) is 25.4 Å². The molecule has 2 heterocycles. The second-order valence-corrected chi connectivity index (χ2v) is 22.3. The van der Waals surface area contributed by atoms with Crippen molar-refractivity contribution in [1.29, 1.82) is 0 Å².